The maximum absolute atomic E-state index is 12.8. The zero-order valence-electron chi connectivity index (χ0n) is 17.7. The number of aldehydes is 1. The molecule has 0 unspecified atom stereocenters. The summed E-state index contributed by atoms with van der Waals surface area (Å²) >= 11 is 1.35. The van der Waals surface area contributed by atoms with Gasteiger partial charge in [0.05, 0.1) is 10.2 Å². The van der Waals surface area contributed by atoms with Crippen LogP contribution >= 0.6 is 11.3 Å². The quantitative estimate of drug-likeness (QED) is 0.633. The van der Waals surface area contributed by atoms with Gasteiger partial charge in [0.2, 0.25) is 5.91 Å². The summed E-state index contributed by atoms with van der Waals surface area (Å²) in [5.41, 5.74) is 0.497. The molecule has 162 valence electrons. The van der Waals surface area contributed by atoms with Crippen molar-refractivity contribution in [2.24, 2.45) is 5.41 Å². The van der Waals surface area contributed by atoms with Crippen LogP contribution in [0.5, 0.6) is 0 Å². The predicted octanol–water partition coefficient (Wildman–Crippen LogP) is 4.91. The van der Waals surface area contributed by atoms with Crippen molar-refractivity contribution in [1.82, 2.24) is 10.3 Å². The topological polar surface area (TPSA) is 97.4 Å². The third kappa shape index (κ3) is 6.01. The van der Waals surface area contributed by atoms with Gasteiger partial charge in [0.15, 0.2) is 5.13 Å². The van der Waals surface area contributed by atoms with Gasteiger partial charge in [-0.2, -0.15) is 0 Å². The van der Waals surface area contributed by atoms with Crippen LogP contribution in [0.2, 0.25) is 0 Å². The van der Waals surface area contributed by atoms with E-state index in [1.54, 1.807) is 18.2 Å². The smallest absolute Gasteiger partial charge is 0.407 e. The number of hydrogen-bond acceptors (Lipinski definition) is 6. The Labute approximate surface area is 180 Å². The number of carbonyl (C=O) groups excluding carboxylic acids is 3. The maximum Gasteiger partial charge on any atom is 0.407 e. The molecule has 8 heteroatoms. The number of thiazole rings is 1. The molecule has 0 bridgehead atoms. The molecule has 1 aliphatic carbocycles. The second kappa shape index (κ2) is 9.12. The van der Waals surface area contributed by atoms with E-state index in [0.29, 0.717) is 23.7 Å². The number of carbonyl (C=O) groups is 3. The van der Waals surface area contributed by atoms with Gasteiger partial charge in [0.25, 0.3) is 0 Å². The minimum Gasteiger partial charge on any atom is -0.444 e. The molecule has 1 heterocycles. The Bertz CT molecular complexity index is 926. The number of anilines is 1. The summed E-state index contributed by atoms with van der Waals surface area (Å²) in [5, 5.41) is 6.29. The molecule has 1 aromatic heterocycles. The molecule has 0 radical (unpaired) electrons. The summed E-state index contributed by atoms with van der Waals surface area (Å²) in [4.78, 5) is 40.3. The fraction of sp³-hybridized carbons (Fsp3) is 0.545. The van der Waals surface area contributed by atoms with Gasteiger partial charge in [-0.3, -0.25) is 9.59 Å². The molecule has 0 spiro atoms. The largest absolute Gasteiger partial charge is 0.444 e. The van der Waals surface area contributed by atoms with Crippen LogP contribution in [0.3, 0.4) is 0 Å². The average molecular weight is 432 g/mol. The highest BCUT2D eigenvalue weighted by Gasteiger charge is 2.35. The summed E-state index contributed by atoms with van der Waals surface area (Å²) < 4.78 is 6.20. The zero-order chi connectivity index (χ0) is 21.8. The van der Waals surface area contributed by atoms with Crippen molar-refractivity contribution in [3.8, 4) is 0 Å². The van der Waals surface area contributed by atoms with Gasteiger partial charge in [-0.25, -0.2) is 9.78 Å². The zero-order valence-corrected chi connectivity index (χ0v) is 18.6. The molecule has 2 aromatic rings. The Morgan fingerprint density at radius 1 is 1.23 bits per heavy atom. The van der Waals surface area contributed by atoms with E-state index in [-0.39, 0.29) is 11.3 Å². The van der Waals surface area contributed by atoms with Crippen molar-refractivity contribution in [3.63, 3.8) is 0 Å². The highest BCUT2D eigenvalue weighted by Crippen LogP contribution is 2.39. The summed E-state index contributed by atoms with van der Waals surface area (Å²) in [5.74, 6) is -0.113. The minimum absolute atomic E-state index is 0.113. The summed E-state index contributed by atoms with van der Waals surface area (Å²) in [7, 11) is 0. The van der Waals surface area contributed by atoms with Gasteiger partial charge in [0.1, 0.15) is 11.9 Å². The molecule has 2 N–H and O–H groups in total. The van der Waals surface area contributed by atoms with Crippen LogP contribution < -0.4 is 10.6 Å². The van der Waals surface area contributed by atoms with Crippen LogP contribution in [-0.2, 0) is 9.53 Å². The van der Waals surface area contributed by atoms with Crippen LogP contribution in [-0.4, -0.2) is 35.4 Å². The molecule has 1 saturated carbocycles. The van der Waals surface area contributed by atoms with Crippen LogP contribution in [0.15, 0.2) is 18.2 Å². The van der Waals surface area contributed by atoms with Crippen LogP contribution in [0.25, 0.3) is 10.2 Å². The minimum atomic E-state index is -0.558. The lowest BCUT2D eigenvalue weighted by atomic mass is 9.71. The van der Waals surface area contributed by atoms with E-state index in [4.69, 9.17) is 4.74 Å². The Morgan fingerprint density at radius 3 is 2.63 bits per heavy atom. The van der Waals surface area contributed by atoms with Crippen molar-refractivity contribution in [1.29, 1.82) is 0 Å². The number of hydrogen-bond donors (Lipinski definition) is 2. The van der Waals surface area contributed by atoms with Crippen molar-refractivity contribution >= 4 is 45.0 Å². The lowest BCUT2D eigenvalue weighted by Gasteiger charge is -2.37. The van der Waals surface area contributed by atoms with Gasteiger partial charge in [-0.1, -0.05) is 30.6 Å². The molecule has 0 aliphatic heterocycles. The third-order valence-corrected chi connectivity index (χ3v) is 6.18. The van der Waals surface area contributed by atoms with E-state index >= 15 is 0 Å². The van der Waals surface area contributed by atoms with Crippen molar-refractivity contribution in [3.05, 3.63) is 23.8 Å². The number of nitrogens with zero attached hydrogens (tertiary/aromatic N) is 1. The average Bonchev–Trinajstić information content (AvgIpc) is 3.06. The van der Waals surface area contributed by atoms with Gasteiger partial charge >= 0.3 is 6.09 Å². The number of benzene rings is 1. The van der Waals surface area contributed by atoms with E-state index in [0.717, 1.165) is 48.6 Å². The van der Waals surface area contributed by atoms with E-state index in [1.165, 1.54) is 11.3 Å². The first-order chi connectivity index (χ1) is 14.2. The van der Waals surface area contributed by atoms with Crippen molar-refractivity contribution in [2.45, 2.75) is 64.9 Å². The molecule has 7 nitrogen and oxygen atoms in total. The lowest BCUT2D eigenvalue weighted by Crippen LogP contribution is -2.43. The number of aromatic nitrogens is 1. The van der Waals surface area contributed by atoms with E-state index in [2.05, 4.69) is 15.6 Å². The first kappa shape index (κ1) is 22.2. The normalized spacial score (nSPS) is 16.1. The van der Waals surface area contributed by atoms with Crippen LogP contribution in [0, 0.1) is 5.41 Å². The predicted molar refractivity (Wildman–Crippen MR) is 118 cm³/mol. The highest BCUT2D eigenvalue weighted by atomic mass is 32.1. The molecule has 1 fully saturated rings. The highest BCUT2D eigenvalue weighted by molar-refractivity contribution is 7.22. The molecule has 30 heavy (non-hydrogen) atoms. The van der Waals surface area contributed by atoms with Gasteiger partial charge in [0, 0.05) is 18.5 Å². The molecule has 1 aliphatic rings. The number of nitrogens with one attached hydrogen (secondary N) is 2. The maximum atomic E-state index is 12.8. The lowest BCUT2D eigenvalue weighted by molar-refractivity contribution is -0.119. The SMILES string of the molecule is CC(C)(C)OC(=O)NCC1(CC(=O)Nc2nc3ccc(C=O)cc3s2)CCCCC1. The number of rotatable bonds is 6. The number of amides is 2. The van der Waals surface area contributed by atoms with Gasteiger partial charge < -0.3 is 15.4 Å². The molecule has 0 saturated heterocycles. The fourth-order valence-corrected chi connectivity index (χ4v) is 4.79. The summed E-state index contributed by atoms with van der Waals surface area (Å²) in [6.07, 6.45) is 5.66. The van der Waals surface area contributed by atoms with Crippen LogP contribution in [0.1, 0.15) is 69.7 Å². The number of ether oxygens (including phenoxy) is 1. The Kier molecular flexibility index (Phi) is 6.75. The van der Waals surface area contributed by atoms with E-state index in [1.807, 2.05) is 20.8 Å². The van der Waals surface area contributed by atoms with Gasteiger partial charge in [-0.15, -0.1) is 0 Å². The van der Waals surface area contributed by atoms with E-state index < -0.39 is 11.7 Å². The molecule has 0 atom stereocenters. The molecule has 1 aromatic carbocycles. The fourth-order valence-electron chi connectivity index (χ4n) is 3.86. The Balaban J connectivity index is 1.64. The Morgan fingerprint density at radius 2 is 1.97 bits per heavy atom. The third-order valence-electron chi connectivity index (χ3n) is 5.25. The number of fused-ring (bicyclic) bond motifs is 1. The molecule has 2 amide bonds. The van der Waals surface area contributed by atoms with E-state index in [9.17, 15) is 14.4 Å². The second-order valence-electron chi connectivity index (χ2n) is 9.01. The summed E-state index contributed by atoms with van der Waals surface area (Å²) in [6, 6.07) is 5.25. The first-order valence-electron chi connectivity index (χ1n) is 10.3. The first-order valence-corrected chi connectivity index (χ1v) is 11.1. The van der Waals surface area contributed by atoms with Gasteiger partial charge in [-0.05, 0) is 57.2 Å². The molecular formula is C22H29N3O4S. The summed E-state index contributed by atoms with van der Waals surface area (Å²) in [6.45, 7) is 5.89. The molecular weight excluding hydrogens is 402 g/mol. The standard InChI is InChI=1S/C22H29N3O4S/c1-21(2,3)29-20(28)23-14-22(9-5-4-6-10-22)12-18(27)25-19-24-16-8-7-15(13-26)11-17(16)30-19/h7-8,11,13H,4-6,9-10,12,14H2,1-3H3,(H,23,28)(H,24,25,27). The Hall–Kier alpha value is -2.48. The van der Waals surface area contributed by atoms with Crippen molar-refractivity contribution in [2.75, 3.05) is 11.9 Å². The van der Waals surface area contributed by atoms with Crippen molar-refractivity contribution < 1.29 is 19.1 Å². The monoisotopic (exact) mass is 431 g/mol. The second-order valence-corrected chi connectivity index (χ2v) is 10.0. The molecule has 3 rings (SSSR count). The van der Waals surface area contributed by atoms with Crippen LogP contribution in [0.4, 0.5) is 9.93 Å². The number of alkyl carbamates (subject to hydrolysis) is 1.